The molecule has 0 heterocycles. The first-order valence-corrected chi connectivity index (χ1v) is 16.0. The zero-order valence-electron chi connectivity index (χ0n) is 28.0. The van der Waals surface area contributed by atoms with Crippen LogP contribution in [0.1, 0.15) is 104 Å². The quantitative estimate of drug-likeness (QED) is 0.180. The number of rotatable bonds is 14. The van der Waals surface area contributed by atoms with Gasteiger partial charge < -0.3 is 15.8 Å². The first kappa shape index (κ1) is 34.2. The van der Waals surface area contributed by atoms with Crippen LogP contribution in [-0.2, 0) is 22.4 Å². The molecule has 1 aliphatic carbocycles. The van der Waals surface area contributed by atoms with E-state index in [1.165, 1.54) is 11.1 Å². The predicted molar refractivity (Wildman–Crippen MR) is 177 cm³/mol. The third-order valence-corrected chi connectivity index (χ3v) is 10.3. The molecule has 0 saturated carbocycles. The monoisotopic (exact) mass is 586 g/mol. The fourth-order valence-corrected chi connectivity index (χ4v) is 6.17. The van der Waals surface area contributed by atoms with Crippen molar-refractivity contribution >= 4 is 11.8 Å². The Morgan fingerprint density at radius 2 is 1.56 bits per heavy atom. The number of hydrogen-bond donors (Lipinski definition) is 2. The van der Waals surface area contributed by atoms with Crippen LogP contribution < -0.4 is 15.8 Å². The molecule has 2 aromatic rings. The van der Waals surface area contributed by atoms with Gasteiger partial charge in [-0.1, -0.05) is 98.8 Å². The van der Waals surface area contributed by atoms with E-state index in [9.17, 15) is 9.59 Å². The Hall–Kier alpha value is -3.26. The molecule has 2 aromatic carbocycles. The average molecular weight is 587 g/mol. The van der Waals surface area contributed by atoms with Gasteiger partial charge in [0, 0.05) is 23.0 Å². The van der Waals surface area contributed by atoms with Crippen LogP contribution in [-0.4, -0.2) is 25.0 Å². The highest BCUT2D eigenvalue weighted by molar-refractivity contribution is 5.80. The smallest absolute Gasteiger partial charge is 0.223 e. The Bertz CT molecular complexity index is 1340. The lowest BCUT2D eigenvalue weighted by atomic mass is 9.55. The maximum Gasteiger partial charge on any atom is 0.223 e. The molecule has 234 valence electrons. The number of carbonyl (C=O) groups is 2. The van der Waals surface area contributed by atoms with Gasteiger partial charge in [0.05, 0.1) is 6.54 Å². The van der Waals surface area contributed by atoms with Crippen molar-refractivity contribution in [1.82, 2.24) is 5.32 Å². The van der Waals surface area contributed by atoms with Crippen molar-refractivity contribution in [1.29, 1.82) is 0 Å². The molecule has 0 fully saturated rings. The molecule has 2 amide bonds. The van der Waals surface area contributed by atoms with Crippen molar-refractivity contribution in [2.75, 3.05) is 13.2 Å². The standard InChI is InChI=1S/C38H54N2O3/c1-10-36(4,5)33(34(39)41)25-37(6,7)38(8,9)32(23-26(2)3)35(42)40-21-22-43-31-20-19-29-16-15-27-13-11-12-14-28(27)17-18-30(29)24-31/h11-14,19-20,24,26,32-33H,10,17-18,21-23,25H2,1-9H3,(H2,39,41)(H,40,42). The molecule has 1 aliphatic rings. The fraction of sp³-hybridized carbons (Fsp3) is 0.579. The van der Waals surface area contributed by atoms with Gasteiger partial charge in [-0.15, -0.1) is 0 Å². The summed E-state index contributed by atoms with van der Waals surface area (Å²) in [5, 5.41) is 3.17. The molecule has 5 nitrogen and oxygen atoms in total. The van der Waals surface area contributed by atoms with E-state index < -0.39 is 0 Å². The predicted octanol–water partition coefficient (Wildman–Crippen LogP) is 7.32. The van der Waals surface area contributed by atoms with E-state index in [0.29, 0.717) is 25.5 Å². The molecule has 0 aromatic heterocycles. The van der Waals surface area contributed by atoms with E-state index in [-0.39, 0.29) is 39.9 Å². The maximum atomic E-state index is 13.7. The molecule has 0 radical (unpaired) electrons. The molecule has 0 aliphatic heterocycles. The number of nitrogens with one attached hydrogen (secondary N) is 1. The molecule has 2 unspecified atom stereocenters. The summed E-state index contributed by atoms with van der Waals surface area (Å²) in [6, 6.07) is 14.4. The minimum Gasteiger partial charge on any atom is -0.492 e. The molecular weight excluding hydrogens is 532 g/mol. The highest BCUT2D eigenvalue weighted by atomic mass is 16.5. The lowest BCUT2D eigenvalue weighted by Crippen LogP contribution is -2.50. The first-order valence-electron chi connectivity index (χ1n) is 16.0. The number of primary amides is 1. The van der Waals surface area contributed by atoms with Crippen LogP contribution in [0.3, 0.4) is 0 Å². The van der Waals surface area contributed by atoms with E-state index >= 15 is 0 Å². The zero-order chi connectivity index (χ0) is 32.0. The number of benzene rings is 2. The summed E-state index contributed by atoms with van der Waals surface area (Å²) in [6.07, 6.45) is 4.10. The average Bonchev–Trinajstić information content (AvgIpc) is 2.93. The Kier molecular flexibility index (Phi) is 11.2. The molecule has 43 heavy (non-hydrogen) atoms. The van der Waals surface area contributed by atoms with Crippen LogP contribution in [0.25, 0.3) is 0 Å². The summed E-state index contributed by atoms with van der Waals surface area (Å²) in [7, 11) is 0. The lowest BCUT2D eigenvalue weighted by Gasteiger charge is -2.49. The van der Waals surface area contributed by atoms with Gasteiger partial charge in [-0.2, -0.15) is 0 Å². The van der Waals surface area contributed by atoms with E-state index in [2.05, 4.69) is 104 Å². The molecule has 2 atom stereocenters. The summed E-state index contributed by atoms with van der Waals surface area (Å²) in [5.74, 6) is 7.06. The SMILES string of the molecule is CCC(C)(C)C(CC(C)(C)C(C)(C)C(CC(C)C)C(=O)NCCOc1ccc2c(c1)CCc1ccccc1C#C2)C(N)=O. The molecule has 0 saturated heterocycles. The minimum atomic E-state index is -0.380. The number of fused-ring (bicyclic) bond motifs is 2. The largest absolute Gasteiger partial charge is 0.492 e. The van der Waals surface area contributed by atoms with Crippen molar-refractivity contribution < 1.29 is 14.3 Å². The van der Waals surface area contributed by atoms with Crippen LogP contribution >= 0.6 is 0 Å². The Labute approximate surface area is 260 Å². The summed E-state index contributed by atoms with van der Waals surface area (Å²) in [5.41, 5.74) is 9.63. The van der Waals surface area contributed by atoms with Gasteiger partial charge in [-0.3, -0.25) is 9.59 Å². The summed E-state index contributed by atoms with van der Waals surface area (Å²) in [4.78, 5) is 26.3. The number of amides is 2. The molecule has 5 heteroatoms. The molecule has 0 spiro atoms. The second kappa shape index (κ2) is 14.0. The Balaban J connectivity index is 1.66. The minimum absolute atomic E-state index is 0.0351. The maximum absolute atomic E-state index is 13.7. The highest BCUT2D eigenvalue weighted by Crippen LogP contribution is 2.52. The van der Waals surface area contributed by atoms with Gasteiger partial charge in [-0.05, 0) is 83.2 Å². The second-order valence-electron chi connectivity index (χ2n) is 14.7. The normalized spacial score (nSPS) is 14.7. The van der Waals surface area contributed by atoms with Gasteiger partial charge >= 0.3 is 0 Å². The Morgan fingerprint density at radius 1 is 0.930 bits per heavy atom. The summed E-state index contributed by atoms with van der Waals surface area (Å²) in [6.45, 7) is 20.1. The molecule has 3 N–H and O–H groups in total. The van der Waals surface area contributed by atoms with Crippen molar-refractivity contribution in [2.45, 2.75) is 94.4 Å². The van der Waals surface area contributed by atoms with Gasteiger partial charge in [0.1, 0.15) is 12.4 Å². The topological polar surface area (TPSA) is 81.4 Å². The third kappa shape index (κ3) is 8.43. The van der Waals surface area contributed by atoms with E-state index in [4.69, 9.17) is 10.5 Å². The van der Waals surface area contributed by atoms with Crippen LogP contribution in [0.4, 0.5) is 0 Å². The van der Waals surface area contributed by atoms with Gasteiger partial charge in [-0.25, -0.2) is 0 Å². The van der Waals surface area contributed by atoms with Crippen molar-refractivity contribution in [2.24, 2.45) is 39.7 Å². The van der Waals surface area contributed by atoms with Crippen molar-refractivity contribution in [3.05, 3.63) is 64.7 Å². The second-order valence-corrected chi connectivity index (χ2v) is 14.7. The van der Waals surface area contributed by atoms with Gasteiger partial charge in [0.15, 0.2) is 0 Å². The van der Waals surface area contributed by atoms with Gasteiger partial charge in [0.2, 0.25) is 11.8 Å². The Morgan fingerprint density at radius 3 is 2.19 bits per heavy atom. The van der Waals surface area contributed by atoms with E-state index in [1.807, 2.05) is 18.2 Å². The lowest BCUT2D eigenvalue weighted by molar-refractivity contribution is -0.136. The number of ether oxygens (including phenoxy) is 1. The van der Waals surface area contributed by atoms with Crippen molar-refractivity contribution in [3.8, 4) is 17.6 Å². The highest BCUT2D eigenvalue weighted by Gasteiger charge is 2.49. The van der Waals surface area contributed by atoms with E-state index in [1.54, 1.807) is 0 Å². The number of hydrogen-bond acceptors (Lipinski definition) is 3. The summed E-state index contributed by atoms with van der Waals surface area (Å²) >= 11 is 0. The van der Waals surface area contributed by atoms with Crippen LogP contribution in [0, 0.1) is 45.8 Å². The third-order valence-electron chi connectivity index (χ3n) is 10.3. The number of carbonyl (C=O) groups excluding carboxylic acids is 2. The van der Waals surface area contributed by atoms with Crippen LogP contribution in [0.15, 0.2) is 42.5 Å². The van der Waals surface area contributed by atoms with Crippen molar-refractivity contribution in [3.63, 3.8) is 0 Å². The molecular formula is C38H54N2O3. The zero-order valence-corrected chi connectivity index (χ0v) is 28.0. The number of aryl methyl sites for hydroxylation is 2. The van der Waals surface area contributed by atoms with Gasteiger partial charge in [0.25, 0.3) is 0 Å². The fourth-order valence-electron chi connectivity index (χ4n) is 6.17. The molecule has 3 rings (SSSR count). The first-order chi connectivity index (χ1) is 20.1. The van der Waals surface area contributed by atoms with E-state index in [0.717, 1.165) is 42.6 Å². The molecule has 0 bridgehead atoms. The van der Waals surface area contributed by atoms with Crippen LogP contribution in [0.2, 0.25) is 0 Å². The summed E-state index contributed by atoms with van der Waals surface area (Å²) < 4.78 is 6.09. The number of nitrogens with two attached hydrogens (primary N) is 1. The van der Waals surface area contributed by atoms with Crippen LogP contribution in [0.5, 0.6) is 5.75 Å².